The van der Waals surface area contributed by atoms with Gasteiger partial charge in [0.2, 0.25) is 5.91 Å². The van der Waals surface area contributed by atoms with E-state index >= 15 is 0 Å². The second kappa shape index (κ2) is 6.75. The van der Waals surface area contributed by atoms with Crippen molar-refractivity contribution in [3.05, 3.63) is 35.4 Å². The summed E-state index contributed by atoms with van der Waals surface area (Å²) in [6.45, 7) is 3.17. The Labute approximate surface area is 139 Å². The summed E-state index contributed by atoms with van der Waals surface area (Å²) in [5.74, 6) is 0.414. The number of hydrogen-bond acceptors (Lipinski definition) is 2. The molecule has 1 aromatic rings. The number of carbonyl (C=O) groups excluding carboxylic acids is 1. The fourth-order valence-electron chi connectivity index (χ4n) is 3.38. The van der Waals surface area contributed by atoms with E-state index in [4.69, 9.17) is 4.74 Å². The zero-order valence-corrected chi connectivity index (χ0v) is 13.6. The van der Waals surface area contributed by atoms with Gasteiger partial charge >= 0.3 is 6.18 Å². The number of carbonyl (C=O) groups is 1. The predicted octanol–water partition coefficient (Wildman–Crippen LogP) is 3.95. The molecule has 0 bridgehead atoms. The number of rotatable bonds is 4. The maximum atomic E-state index is 13.0. The van der Waals surface area contributed by atoms with Crippen LogP contribution in [0.4, 0.5) is 13.2 Å². The van der Waals surface area contributed by atoms with Crippen LogP contribution in [-0.4, -0.2) is 19.1 Å². The lowest BCUT2D eigenvalue weighted by Gasteiger charge is -2.31. The molecule has 1 aromatic carbocycles. The highest BCUT2D eigenvalue weighted by atomic mass is 19.4. The molecule has 0 radical (unpaired) electrons. The van der Waals surface area contributed by atoms with Crippen LogP contribution in [0.5, 0.6) is 0 Å². The predicted molar refractivity (Wildman–Crippen MR) is 83.1 cm³/mol. The maximum absolute atomic E-state index is 13.0. The highest BCUT2D eigenvalue weighted by Gasteiger charge is 2.41. The Bertz CT molecular complexity index is 596. The third kappa shape index (κ3) is 3.91. The van der Waals surface area contributed by atoms with Gasteiger partial charge in [0.05, 0.1) is 11.6 Å². The van der Waals surface area contributed by atoms with E-state index in [1.807, 2.05) is 6.92 Å². The summed E-state index contributed by atoms with van der Waals surface area (Å²) in [5, 5.41) is 3.01. The molecule has 1 N–H and O–H groups in total. The van der Waals surface area contributed by atoms with Crippen molar-refractivity contribution in [1.82, 2.24) is 5.32 Å². The lowest BCUT2D eigenvalue weighted by Crippen LogP contribution is -2.37. The molecule has 6 heteroatoms. The van der Waals surface area contributed by atoms with E-state index < -0.39 is 17.8 Å². The smallest absolute Gasteiger partial charge is 0.381 e. The van der Waals surface area contributed by atoms with E-state index in [1.165, 1.54) is 6.07 Å². The van der Waals surface area contributed by atoms with Crippen LogP contribution in [0.25, 0.3) is 0 Å². The molecule has 0 spiro atoms. The van der Waals surface area contributed by atoms with Crippen molar-refractivity contribution in [1.29, 1.82) is 0 Å². The topological polar surface area (TPSA) is 38.3 Å². The van der Waals surface area contributed by atoms with Gasteiger partial charge in [0, 0.05) is 19.1 Å². The van der Waals surface area contributed by atoms with Gasteiger partial charge < -0.3 is 10.1 Å². The van der Waals surface area contributed by atoms with Crippen molar-refractivity contribution in [2.45, 2.75) is 38.4 Å². The molecule has 24 heavy (non-hydrogen) atoms. The maximum Gasteiger partial charge on any atom is 0.416 e. The fourth-order valence-corrected chi connectivity index (χ4v) is 3.38. The number of halogens is 3. The second-order valence-electron chi connectivity index (χ2n) is 6.88. The Balaban J connectivity index is 1.84. The van der Waals surface area contributed by atoms with Gasteiger partial charge in [-0.2, -0.15) is 13.2 Å². The molecule has 1 heterocycles. The summed E-state index contributed by atoms with van der Waals surface area (Å²) in [6.07, 6.45) is -2.05. The molecule has 3 atom stereocenters. The molecule has 3 rings (SSSR count). The molecule has 0 unspecified atom stereocenters. The van der Waals surface area contributed by atoms with Crippen molar-refractivity contribution in [2.24, 2.45) is 17.8 Å². The van der Waals surface area contributed by atoms with Crippen molar-refractivity contribution < 1.29 is 22.7 Å². The summed E-state index contributed by atoms with van der Waals surface area (Å²) in [6, 6.07) is 4.92. The number of benzene rings is 1. The van der Waals surface area contributed by atoms with E-state index in [0.29, 0.717) is 24.7 Å². The van der Waals surface area contributed by atoms with Crippen molar-refractivity contribution in [3.63, 3.8) is 0 Å². The van der Waals surface area contributed by atoms with Gasteiger partial charge in [-0.15, -0.1) is 0 Å². The van der Waals surface area contributed by atoms with E-state index in [2.05, 4.69) is 5.32 Å². The summed E-state index contributed by atoms with van der Waals surface area (Å²) in [5.41, 5.74) is -0.149. The van der Waals surface area contributed by atoms with Crippen molar-refractivity contribution in [2.75, 3.05) is 13.2 Å². The molecule has 3 nitrogen and oxygen atoms in total. The van der Waals surface area contributed by atoms with Crippen LogP contribution < -0.4 is 5.32 Å². The third-order valence-electron chi connectivity index (χ3n) is 5.05. The van der Waals surface area contributed by atoms with Gasteiger partial charge in [0.25, 0.3) is 0 Å². The average molecular weight is 341 g/mol. The van der Waals surface area contributed by atoms with Gasteiger partial charge in [-0.05, 0) is 48.8 Å². The Kier molecular flexibility index (Phi) is 4.85. The summed E-state index contributed by atoms with van der Waals surface area (Å²) >= 11 is 0. The minimum Gasteiger partial charge on any atom is -0.381 e. The molecule has 0 aromatic heterocycles. The molecule has 1 aliphatic carbocycles. The minimum atomic E-state index is -4.38. The van der Waals surface area contributed by atoms with E-state index in [1.54, 1.807) is 6.07 Å². The molecule has 1 aliphatic heterocycles. The van der Waals surface area contributed by atoms with Crippen molar-refractivity contribution >= 4 is 5.91 Å². The van der Waals surface area contributed by atoms with Gasteiger partial charge in [0.1, 0.15) is 0 Å². The monoisotopic (exact) mass is 341 g/mol. The number of ether oxygens (including phenoxy) is 1. The van der Waals surface area contributed by atoms with Gasteiger partial charge in [0.15, 0.2) is 0 Å². The Morgan fingerprint density at radius 1 is 1.29 bits per heavy atom. The van der Waals surface area contributed by atoms with E-state index in [9.17, 15) is 18.0 Å². The highest BCUT2D eigenvalue weighted by molar-refractivity contribution is 5.81. The first-order valence-electron chi connectivity index (χ1n) is 8.41. The Morgan fingerprint density at radius 2 is 1.96 bits per heavy atom. The van der Waals surface area contributed by atoms with E-state index in [0.717, 1.165) is 31.4 Å². The number of alkyl halides is 3. The minimum absolute atomic E-state index is 0.00172. The first kappa shape index (κ1) is 17.3. The first-order valence-corrected chi connectivity index (χ1v) is 8.41. The zero-order valence-electron chi connectivity index (χ0n) is 13.6. The lowest BCUT2D eigenvalue weighted by molar-refractivity contribution is -0.137. The Morgan fingerprint density at radius 3 is 2.54 bits per heavy atom. The van der Waals surface area contributed by atoms with Crippen LogP contribution in [0.1, 0.15) is 43.4 Å². The van der Waals surface area contributed by atoms with Crippen LogP contribution in [0.3, 0.4) is 0 Å². The molecule has 1 saturated carbocycles. The molecule has 2 aliphatic rings. The van der Waals surface area contributed by atoms with Crippen LogP contribution in [0, 0.1) is 17.8 Å². The highest BCUT2D eigenvalue weighted by Crippen LogP contribution is 2.40. The summed E-state index contributed by atoms with van der Waals surface area (Å²) < 4.78 is 44.4. The molecular weight excluding hydrogens is 319 g/mol. The summed E-state index contributed by atoms with van der Waals surface area (Å²) in [7, 11) is 0. The average Bonchev–Trinajstić information content (AvgIpc) is 3.29. The SMILES string of the molecule is C[C@@H]1C[C@@H]1C(=O)N[C@H](c1cccc(C(F)(F)F)c1)C1CCOCC1. The number of amides is 1. The van der Waals surface area contributed by atoms with E-state index in [-0.39, 0.29) is 17.7 Å². The van der Waals surface area contributed by atoms with Gasteiger partial charge in [-0.3, -0.25) is 4.79 Å². The molecule has 1 saturated heterocycles. The van der Waals surface area contributed by atoms with Crippen LogP contribution >= 0.6 is 0 Å². The molecule has 132 valence electrons. The molecule has 2 fully saturated rings. The lowest BCUT2D eigenvalue weighted by atomic mass is 9.86. The molecular formula is C18H22F3NO2. The van der Waals surface area contributed by atoms with Gasteiger partial charge in [-0.25, -0.2) is 0 Å². The van der Waals surface area contributed by atoms with Crippen molar-refractivity contribution in [3.8, 4) is 0 Å². The van der Waals surface area contributed by atoms with Crippen LogP contribution in [0.2, 0.25) is 0 Å². The number of hydrogen-bond donors (Lipinski definition) is 1. The van der Waals surface area contributed by atoms with Gasteiger partial charge in [-0.1, -0.05) is 19.1 Å². The summed E-state index contributed by atoms with van der Waals surface area (Å²) in [4.78, 5) is 12.4. The van der Waals surface area contributed by atoms with Crippen LogP contribution in [-0.2, 0) is 15.7 Å². The second-order valence-corrected chi connectivity index (χ2v) is 6.88. The van der Waals surface area contributed by atoms with Crippen LogP contribution in [0.15, 0.2) is 24.3 Å². The Hall–Kier alpha value is -1.56. The molecule has 1 amide bonds. The first-order chi connectivity index (χ1) is 11.4. The third-order valence-corrected chi connectivity index (χ3v) is 5.05. The quantitative estimate of drug-likeness (QED) is 0.901. The zero-order chi connectivity index (χ0) is 17.3. The standard InChI is InChI=1S/C18H22F3NO2/c1-11-9-15(11)17(23)22-16(12-5-7-24-8-6-12)13-3-2-4-14(10-13)18(19,20)21/h2-4,10-12,15-16H,5-9H2,1H3,(H,22,23)/t11-,15+,16+/m1/s1. The fraction of sp³-hybridized carbons (Fsp3) is 0.611. The largest absolute Gasteiger partial charge is 0.416 e. The number of nitrogens with one attached hydrogen (secondary N) is 1. The normalized spacial score (nSPS) is 26.0.